The van der Waals surface area contributed by atoms with Gasteiger partial charge in [-0.05, 0) is 5.92 Å². The Labute approximate surface area is 114 Å². The van der Waals surface area contributed by atoms with E-state index in [2.05, 4.69) is 10.5 Å². The number of hydrogen-bond donors (Lipinski definition) is 2. The van der Waals surface area contributed by atoms with E-state index in [-0.39, 0.29) is 30.0 Å². The van der Waals surface area contributed by atoms with Crippen molar-refractivity contribution in [2.45, 2.75) is 52.6 Å². The van der Waals surface area contributed by atoms with Crippen LogP contribution in [-0.2, 0) is 0 Å². The van der Waals surface area contributed by atoms with Crippen molar-refractivity contribution in [2.75, 3.05) is 6.54 Å². The third-order valence-electron chi connectivity index (χ3n) is 3.39. The highest BCUT2D eigenvalue weighted by atomic mass is 16.5. The zero-order valence-electron chi connectivity index (χ0n) is 12.1. The molecule has 1 amide bonds. The van der Waals surface area contributed by atoms with Crippen molar-refractivity contribution < 1.29 is 14.4 Å². The van der Waals surface area contributed by atoms with Crippen LogP contribution < -0.4 is 5.32 Å². The Hall–Kier alpha value is -1.36. The van der Waals surface area contributed by atoms with Crippen LogP contribution in [0.3, 0.4) is 0 Å². The van der Waals surface area contributed by atoms with Crippen LogP contribution >= 0.6 is 0 Å². The summed E-state index contributed by atoms with van der Waals surface area (Å²) in [5.41, 5.74) is 0.264. The molecule has 1 aromatic rings. The number of carbonyl (C=O) groups excluding carboxylic acids is 1. The molecule has 5 nitrogen and oxygen atoms in total. The quantitative estimate of drug-likeness (QED) is 0.795. The maximum Gasteiger partial charge on any atom is 0.273 e. The van der Waals surface area contributed by atoms with E-state index in [9.17, 15) is 9.90 Å². The molecule has 1 unspecified atom stereocenters. The van der Waals surface area contributed by atoms with E-state index in [1.807, 2.05) is 27.7 Å². The van der Waals surface area contributed by atoms with Crippen LogP contribution in [-0.4, -0.2) is 28.8 Å². The van der Waals surface area contributed by atoms with Gasteiger partial charge in [0.05, 0.1) is 6.10 Å². The van der Waals surface area contributed by atoms with Crippen LogP contribution in [0, 0.1) is 5.92 Å². The molecule has 0 aromatic carbocycles. The number of nitrogens with one attached hydrogen (secondary N) is 1. The van der Waals surface area contributed by atoms with Crippen molar-refractivity contribution in [2.24, 2.45) is 5.92 Å². The molecule has 1 aromatic heterocycles. The number of aromatic nitrogens is 1. The first-order valence-electron chi connectivity index (χ1n) is 6.92. The molecule has 0 aliphatic carbocycles. The van der Waals surface area contributed by atoms with Gasteiger partial charge in [-0.25, -0.2) is 0 Å². The van der Waals surface area contributed by atoms with Crippen LogP contribution in [0.5, 0.6) is 0 Å². The Morgan fingerprint density at radius 1 is 1.42 bits per heavy atom. The van der Waals surface area contributed by atoms with Crippen molar-refractivity contribution >= 4 is 5.91 Å². The molecule has 0 aliphatic heterocycles. The number of aliphatic hydroxyl groups is 1. The fourth-order valence-electron chi connectivity index (χ4n) is 1.96. The van der Waals surface area contributed by atoms with E-state index in [4.69, 9.17) is 4.52 Å². The second kappa shape index (κ2) is 7.28. The average molecular weight is 268 g/mol. The molecule has 0 saturated heterocycles. The van der Waals surface area contributed by atoms with Crippen LogP contribution in [0.15, 0.2) is 10.6 Å². The number of hydrogen-bond acceptors (Lipinski definition) is 4. The van der Waals surface area contributed by atoms with E-state index >= 15 is 0 Å². The lowest BCUT2D eigenvalue weighted by Gasteiger charge is -2.19. The van der Waals surface area contributed by atoms with Crippen LogP contribution in [0.1, 0.15) is 62.7 Å². The van der Waals surface area contributed by atoms with Crippen LogP contribution in [0.2, 0.25) is 0 Å². The Bertz CT molecular complexity index is 397. The highest BCUT2D eigenvalue weighted by Gasteiger charge is 2.18. The maximum absolute atomic E-state index is 11.8. The smallest absolute Gasteiger partial charge is 0.273 e. The van der Waals surface area contributed by atoms with E-state index in [0.717, 1.165) is 12.8 Å². The van der Waals surface area contributed by atoms with Crippen molar-refractivity contribution in [3.05, 3.63) is 17.5 Å². The van der Waals surface area contributed by atoms with Gasteiger partial charge in [-0.3, -0.25) is 4.79 Å². The molecule has 1 rings (SSSR count). The molecule has 0 saturated carbocycles. The summed E-state index contributed by atoms with van der Waals surface area (Å²) in [7, 11) is 0. The molecule has 108 valence electrons. The topological polar surface area (TPSA) is 75.4 Å². The summed E-state index contributed by atoms with van der Waals surface area (Å²) < 4.78 is 5.07. The molecular weight excluding hydrogens is 244 g/mol. The van der Waals surface area contributed by atoms with Gasteiger partial charge in [0.15, 0.2) is 5.69 Å². The Morgan fingerprint density at radius 3 is 2.53 bits per heavy atom. The number of amides is 1. The molecule has 1 atom stereocenters. The first-order valence-corrected chi connectivity index (χ1v) is 6.92. The highest BCUT2D eigenvalue weighted by Crippen LogP contribution is 2.15. The van der Waals surface area contributed by atoms with E-state index in [1.54, 1.807) is 6.07 Å². The van der Waals surface area contributed by atoms with Gasteiger partial charge < -0.3 is 14.9 Å². The second-order valence-corrected chi connectivity index (χ2v) is 5.12. The summed E-state index contributed by atoms with van der Waals surface area (Å²) in [4.78, 5) is 11.8. The minimum Gasteiger partial charge on any atom is -0.391 e. The molecule has 0 aliphatic rings. The first-order chi connectivity index (χ1) is 8.99. The van der Waals surface area contributed by atoms with E-state index in [1.165, 1.54) is 0 Å². The molecule has 1 heterocycles. The molecule has 0 bridgehead atoms. The Balaban J connectivity index is 2.50. The van der Waals surface area contributed by atoms with Crippen molar-refractivity contribution in [1.82, 2.24) is 10.5 Å². The first kappa shape index (κ1) is 15.7. The predicted octanol–water partition coefficient (Wildman–Crippen LogP) is 2.32. The fourth-order valence-corrected chi connectivity index (χ4v) is 1.96. The summed E-state index contributed by atoms with van der Waals surface area (Å²) in [6.45, 7) is 8.25. The summed E-state index contributed by atoms with van der Waals surface area (Å²) in [5.74, 6) is 0.791. The summed E-state index contributed by atoms with van der Waals surface area (Å²) in [6.07, 6.45) is 1.28. The molecule has 0 spiro atoms. The molecule has 2 N–H and O–H groups in total. The minimum absolute atomic E-state index is 0.198. The van der Waals surface area contributed by atoms with Crippen molar-refractivity contribution in [3.63, 3.8) is 0 Å². The zero-order valence-corrected chi connectivity index (χ0v) is 12.1. The Morgan fingerprint density at radius 2 is 2.05 bits per heavy atom. The van der Waals surface area contributed by atoms with E-state index in [0.29, 0.717) is 5.76 Å². The molecule has 5 heteroatoms. The standard InChI is InChI=1S/C14H24N2O3/c1-5-10(6-2)12(17)8-15-14(18)11-7-13(9(3)4)19-16-11/h7,9-10,12,17H,5-6,8H2,1-4H3,(H,15,18). The molecular formula is C14H24N2O3. The number of aliphatic hydroxyl groups excluding tert-OH is 1. The zero-order chi connectivity index (χ0) is 14.4. The van der Waals surface area contributed by atoms with E-state index < -0.39 is 6.10 Å². The van der Waals surface area contributed by atoms with Gasteiger partial charge in [0.2, 0.25) is 0 Å². The normalized spacial score (nSPS) is 13.0. The largest absolute Gasteiger partial charge is 0.391 e. The van der Waals surface area contributed by atoms with Gasteiger partial charge in [0, 0.05) is 18.5 Å². The summed E-state index contributed by atoms with van der Waals surface area (Å²) in [5, 5.41) is 16.4. The van der Waals surface area contributed by atoms with Gasteiger partial charge in [-0.2, -0.15) is 0 Å². The average Bonchev–Trinajstić information content (AvgIpc) is 2.87. The highest BCUT2D eigenvalue weighted by molar-refractivity contribution is 5.92. The van der Waals surface area contributed by atoms with Crippen LogP contribution in [0.4, 0.5) is 0 Å². The lowest BCUT2D eigenvalue weighted by atomic mass is 9.96. The second-order valence-electron chi connectivity index (χ2n) is 5.12. The third kappa shape index (κ3) is 4.35. The van der Waals surface area contributed by atoms with Gasteiger partial charge in [-0.15, -0.1) is 0 Å². The number of rotatable bonds is 7. The number of carbonyl (C=O) groups is 1. The molecule has 0 radical (unpaired) electrons. The predicted molar refractivity (Wildman–Crippen MR) is 73.0 cm³/mol. The summed E-state index contributed by atoms with van der Waals surface area (Å²) >= 11 is 0. The Kier molecular flexibility index (Phi) is 6.02. The number of nitrogens with zero attached hydrogens (tertiary/aromatic N) is 1. The van der Waals surface area contributed by atoms with Gasteiger partial charge in [0.1, 0.15) is 5.76 Å². The van der Waals surface area contributed by atoms with Gasteiger partial charge in [0.25, 0.3) is 5.91 Å². The van der Waals surface area contributed by atoms with Crippen molar-refractivity contribution in [3.8, 4) is 0 Å². The summed E-state index contributed by atoms with van der Waals surface area (Å²) in [6, 6.07) is 1.64. The maximum atomic E-state index is 11.8. The SMILES string of the molecule is CCC(CC)C(O)CNC(=O)c1cc(C(C)C)on1. The third-order valence-corrected chi connectivity index (χ3v) is 3.39. The minimum atomic E-state index is -0.518. The van der Waals surface area contributed by atoms with Crippen LogP contribution in [0.25, 0.3) is 0 Å². The monoisotopic (exact) mass is 268 g/mol. The molecule has 0 fully saturated rings. The lowest BCUT2D eigenvalue weighted by molar-refractivity contribution is 0.0810. The fraction of sp³-hybridized carbons (Fsp3) is 0.714. The van der Waals surface area contributed by atoms with Crippen molar-refractivity contribution in [1.29, 1.82) is 0 Å². The van der Waals surface area contributed by atoms with Gasteiger partial charge in [-0.1, -0.05) is 45.7 Å². The van der Waals surface area contributed by atoms with Gasteiger partial charge >= 0.3 is 0 Å². The lowest BCUT2D eigenvalue weighted by Crippen LogP contribution is -2.36. The molecule has 19 heavy (non-hydrogen) atoms.